The van der Waals surface area contributed by atoms with Gasteiger partial charge in [0.1, 0.15) is 12.2 Å². The minimum atomic E-state index is 0.292. The molecular formula is C16H24N4. The van der Waals surface area contributed by atoms with Gasteiger partial charge in [-0.2, -0.15) is 5.10 Å². The second-order valence-electron chi connectivity index (χ2n) is 5.12. The average Bonchev–Trinajstić information content (AvgIpc) is 2.87. The van der Waals surface area contributed by atoms with Crippen molar-refractivity contribution in [3.05, 3.63) is 47.5 Å². The number of nitrogens with zero attached hydrogens (tertiary/aromatic N) is 3. The third-order valence-electron chi connectivity index (χ3n) is 3.45. The molecule has 0 saturated carbocycles. The van der Waals surface area contributed by atoms with Crippen LogP contribution in [0.3, 0.4) is 0 Å². The van der Waals surface area contributed by atoms with E-state index in [-0.39, 0.29) is 0 Å². The van der Waals surface area contributed by atoms with Crippen molar-refractivity contribution in [1.29, 1.82) is 0 Å². The van der Waals surface area contributed by atoms with Crippen molar-refractivity contribution in [2.45, 2.75) is 46.2 Å². The molecule has 1 N–H and O–H groups in total. The SMILES string of the molecule is CCCn1ncnc1CC(NCC)c1ccc(C)cc1. The molecule has 0 fully saturated rings. The molecule has 0 aliphatic carbocycles. The van der Waals surface area contributed by atoms with E-state index in [1.165, 1.54) is 11.1 Å². The molecule has 1 unspecified atom stereocenters. The van der Waals surface area contributed by atoms with Gasteiger partial charge in [0.25, 0.3) is 0 Å². The molecule has 1 aromatic carbocycles. The molecule has 0 spiro atoms. The Kier molecular flexibility index (Phi) is 5.30. The quantitative estimate of drug-likeness (QED) is 0.842. The van der Waals surface area contributed by atoms with E-state index < -0.39 is 0 Å². The van der Waals surface area contributed by atoms with Gasteiger partial charge in [0.2, 0.25) is 0 Å². The molecule has 0 radical (unpaired) electrons. The van der Waals surface area contributed by atoms with Gasteiger partial charge in [0, 0.05) is 19.0 Å². The minimum absolute atomic E-state index is 0.292. The average molecular weight is 272 g/mol. The van der Waals surface area contributed by atoms with E-state index in [9.17, 15) is 0 Å². The number of aryl methyl sites for hydroxylation is 2. The van der Waals surface area contributed by atoms with Gasteiger partial charge in [-0.3, -0.25) is 4.68 Å². The number of rotatable bonds is 7. The molecule has 2 aromatic rings. The maximum absolute atomic E-state index is 4.41. The van der Waals surface area contributed by atoms with Crippen LogP contribution in [0.2, 0.25) is 0 Å². The zero-order chi connectivity index (χ0) is 14.4. The standard InChI is InChI=1S/C16H24N4/c1-4-10-20-16(18-12-19-20)11-15(17-5-2)14-8-6-13(3)7-9-14/h6-9,12,15,17H,4-5,10-11H2,1-3H3. The fourth-order valence-electron chi connectivity index (χ4n) is 2.38. The third-order valence-corrected chi connectivity index (χ3v) is 3.45. The molecule has 0 aliphatic rings. The van der Waals surface area contributed by atoms with Crippen LogP contribution in [0, 0.1) is 6.92 Å². The normalized spacial score (nSPS) is 12.6. The first-order valence-corrected chi connectivity index (χ1v) is 7.41. The molecule has 1 heterocycles. The molecule has 4 heteroatoms. The summed E-state index contributed by atoms with van der Waals surface area (Å²) < 4.78 is 2.01. The van der Waals surface area contributed by atoms with Crippen molar-refractivity contribution in [2.24, 2.45) is 0 Å². The van der Waals surface area contributed by atoms with Gasteiger partial charge in [-0.25, -0.2) is 4.98 Å². The molecule has 1 atom stereocenters. The van der Waals surface area contributed by atoms with Crippen molar-refractivity contribution in [3.8, 4) is 0 Å². The van der Waals surface area contributed by atoms with E-state index in [1.54, 1.807) is 6.33 Å². The largest absolute Gasteiger partial charge is 0.310 e. The van der Waals surface area contributed by atoms with E-state index in [2.05, 4.69) is 60.4 Å². The Balaban J connectivity index is 2.16. The van der Waals surface area contributed by atoms with Gasteiger partial charge < -0.3 is 5.32 Å². The molecule has 0 amide bonds. The second-order valence-corrected chi connectivity index (χ2v) is 5.12. The van der Waals surface area contributed by atoms with E-state index in [0.717, 1.165) is 31.8 Å². The molecule has 0 bridgehead atoms. The highest BCUT2D eigenvalue weighted by molar-refractivity contribution is 5.24. The minimum Gasteiger partial charge on any atom is -0.310 e. The Morgan fingerprint density at radius 2 is 1.95 bits per heavy atom. The molecule has 0 aliphatic heterocycles. The van der Waals surface area contributed by atoms with Crippen molar-refractivity contribution >= 4 is 0 Å². The highest BCUT2D eigenvalue weighted by atomic mass is 15.3. The second kappa shape index (κ2) is 7.20. The first-order valence-electron chi connectivity index (χ1n) is 7.41. The first-order chi connectivity index (χ1) is 9.74. The highest BCUT2D eigenvalue weighted by Crippen LogP contribution is 2.18. The van der Waals surface area contributed by atoms with E-state index in [1.807, 2.05) is 4.68 Å². The monoisotopic (exact) mass is 272 g/mol. The summed E-state index contributed by atoms with van der Waals surface area (Å²) in [6.45, 7) is 8.29. The molecule has 1 aromatic heterocycles. The summed E-state index contributed by atoms with van der Waals surface area (Å²) in [5, 5.41) is 7.85. The predicted octanol–water partition coefficient (Wildman–Crippen LogP) is 2.89. The molecule has 2 rings (SSSR count). The van der Waals surface area contributed by atoms with Crippen molar-refractivity contribution in [1.82, 2.24) is 20.1 Å². The molecule has 0 saturated heterocycles. The maximum Gasteiger partial charge on any atom is 0.138 e. The van der Waals surface area contributed by atoms with Crippen LogP contribution in [0.1, 0.15) is 43.3 Å². The molecule has 108 valence electrons. The lowest BCUT2D eigenvalue weighted by atomic mass is 10.0. The lowest BCUT2D eigenvalue weighted by molar-refractivity contribution is 0.498. The Hall–Kier alpha value is -1.68. The zero-order valence-electron chi connectivity index (χ0n) is 12.6. The lowest BCUT2D eigenvalue weighted by Crippen LogP contribution is -2.24. The van der Waals surface area contributed by atoms with Gasteiger partial charge in [-0.15, -0.1) is 0 Å². The summed E-state index contributed by atoms with van der Waals surface area (Å²) in [6, 6.07) is 9.01. The Labute approximate surface area is 121 Å². The van der Waals surface area contributed by atoms with Crippen LogP contribution in [0.4, 0.5) is 0 Å². The topological polar surface area (TPSA) is 42.7 Å². The van der Waals surface area contributed by atoms with Crippen LogP contribution in [0.5, 0.6) is 0 Å². The number of hydrogen-bond acceptors (Lipinski definition) is 3. The zero-order valence-corrected chi connectivity index (χ0v) is 12.6. The number of benzene rings is 1. The Morgan fingerprint density at radius 3 is 2.60 bits per heavy atom. The van der Waals surface area contributed by atoms with Crippen LogP contribution in [-0.2, 0) is 13.0 Å². The number of nitrogens with one attached hydrogen (secondary N) is 1. The fourth-order valence-corrected chi connectivity index (χ4v) is 2.38. The van der Waals surface area contributed by atoms with Crippen LogP contribution in [0.25, 0.3) is 0 Å². The predicted molar refractivity (Wildman–Crippen MR) is 81.6 cm³/mol. The third kappa shape index (κ3) is 3.67. The fraction of sp³-hybridized carbons (Fsp3) is 0.500. The smallest absolute Gasteiger partial charge is 0.138 e. The van der Waals surface area contributed by atoms with Gasteiger partial charge >= 0.3 is 0 Å². The summed E-state index contributed by atoms with van der Waals surface area (Å²) >= 11 is 0. The van der Waals surface area contributed by atoms with Gasteiger partial charge in [0.15, 0.2) is 0 Å². The molecular weight excluding hydrogens is 248 g/mol. The summed E-state index contributed by atoms with van der Waals surface area (Å²) in [5.74, 6) is 1.05. The van der Waals surface area contributed by atoms with Crippen LogP contribution < -0.4 is 5.32 Å². The van der Waals surface area contributed by atoms with Crippen LogP contribution in [-0.4, -0.2) is 21.3 Å². The highest BCUT2D eigenvalue weighted by Gasteiger charge is 2.14. The summed E-state index contributed by atoms with van der Waals surface area (Å²) in [4.78, 5) is 4.41. The van der Waals surface area contributed by atoms with Crippen molar-refractivity contribution in [3.63, 3.8) is 0 Å². The summed E-state index contributed by atoms with van der Waals surface area (Å²) in [5.41, 5.74) is 2.60. The number of hydrogen-bond donors (Lipinski definition) is 1. The van der Waals surface area contributed by atoms with E-state index in [0.29, 0.717) is 6.04 Å². The number of aromatic nitrogens is 3. The van der Waals surface area contributed by atoms with Gasteiger partial charge in [-0.05, 0) is 25.5 Å². The maximum atomic E-state index is 4.41. The van der Waals surface area contributed by atoms with Crippen molar-refractivity contribution < 1.29 is 0 Å². The van der Waals surface area contributed by atoms with E-state index in [4.69, 9.17) is 0 Å². The van der Waals surface area contributed by atoms with Gasteiger partial charge in [-0.1, -0.05) is 43.7 Å². The van der Waals surface area contributed by atoms with Gasteiger partial charge in [0.05, 0.1) is 0 Å². The molecule has 20 heavy (non-hydrogen) atoms. The van der Waals surface area contributed by atoms with Crippen molar-refractivity contribution in [2.75, 3.05) is 6.54 Å². The van der Waals surface area contributed by atoms with Crippen LogP contribution in [0.15, 0.2) is 30.6 Å². The first kappa shape index (κ1) is 14.7. The number of likely N-dealkylation sites (N-methyl/N-ethyl adjacent to an activating group) is 1. The Morgan fingerprint density at radius 1 is 1.20 bits per heavy atom. The molecule has 4 nitrogen and oxygen atoms in total. The lowest BCUT2D eigenvalue weighted by Gasteiger charge is -2.18. The van der Waals surface area contributed by atoms with E-state index >= 15 is 0 Å². The summed E-state index contributed by atoms with van der Waals surface area (Å²) in [6.07, 6.45) is 3.60. The Bertz CT molecular complexity index is 516. The summed E-state index contributed by atoms with van der Waals surface area (Å²) in [7, 11) is 0. The van der Waals surface area contributed by atoms with Crippen LogP contribution >= 0.6 is 0 Å².